The molecule has 1 amide bonds. The lowest BCUT2D eigenvalue weighted by atomic mass is 10.2. The second-order valence-corrected chi connectivity index (χ2v) is 6.41. The van der Waals surface area contributed by atoms with Crippen LogP contribution < -0.4 is 16.6 Å². The fourth-order valence-corrected chi connectivity index (χ4v) is 2.86. The summed E-state index contributed by atoms with van der Waals surface area (Å²) in [5.74, 6) is -0.128. The number of hydrogen-bond donors (Lipinski definition) is 1. The van der Waals surface area contributed by atoms with Crippen molar-refractivity contribution in [2.75, 3.05) is 5.32 Å². The van der Waals surface area contributed by atoms with Gasteiger partial charge < -0.3 is 9.88 Å². The predicted octanol–water partition coefficient (Wildman–Crippen LogP) is 1.51. The molecular weight excluding hydrogens is 358 g/mol. The molecule has 0 aliphatic heterocycles. The normalized spacial score (nSPS) is 11.0. The van der Waals surface area contributed by atoms with Crippen LogP contribution in [-0.4, -0.2) is 24.6 Å². The number of aryl methyl sites for hydroxylation is 2. The van der Waals surface area contributed by atoms with Gasteiger partial charge in [-0.05, 0) is 30.7 Å². The molecule has 0 saturated carbocycles. The topological polar surface area (TPSA) is 90.9 Å². The largest absolute Gasteiger partial charge is 0.332 e. The number of imidazole rings is 1. The lowest BCUT2D eigenvalue weighted by Gasteiger charge is -2.07. The van der Waals surface area contributed by atoms with Crippen molar-refractivity contribution in [3.05, 3.63) is 56.5 Å². The number of carbonyl (C=O) groups is 1. The summed E-state index contributed by atoms with van der Waals surface area (Å²) in [5, 5.41) is 3.39. The monoisotopic (exact) mass is 375 g/mol. The molecule has 26 heavy (non-hydrogen) atoms. The van der Waals surface area contributed by atoms with Crippen molar-refractivity contribution < 1.29 is 4.79 Å². The van der Waals surface area contributed by atoms with Crippen molar-refractivity contribution in [2.24, 2.45) is 14.1 Å². The van der Waals surface area contributed by atoms with E-state index in [1.807, 2.05) is 0 Å². The summed E-state index contributed by atoms with van der Waals surface area (Å²) < 4.78 is 4.06. The molecule has 2 heterocycles. The molecule has 0 unspecified atom stereocenters. The average molecular weight is 376 g/mol. The number of nitrogens with one attached hydrogen (secondary N) is 1. The highest BCUT2D eigenvalue weighted by Crippen LogP contribution is 2.14. The van der Waals surface area contributed by atoms with Crippen molar-refractivity contribution in [3.63, 3.8) is 0 Å². The molecule has 0 radical (unpaired) electrons. The molecule has 8 nitrogen and oxygen atoms in total. The van der Waals surface area contributed by atoms with Gasteiger partial charge in [0.05, 0.1) is 6.33 Å². The zero-order valence-electron chi connectivity index (χ0n) is 14.4. The van der Waals surface area contributed by atoms with Gasteiger partial charge in [-0.1, -0.05) is 11.6 Å². The molecule has 0 aliphatic carbocycles. The van der Waals surface area contributed by atoms with E-state index in [0.717, 1.165) is 4.57 Å². The third-order valence-electron chi connectivity index (χ3n) is 4.15. The zero-order chi connectivity index (χ0) is 18.8. The second kappa shape index (κ2) is 7.17. The Balaban J connectivity index is 1.69. The minimum atomic E-state index is -0.421. The minimum absolute atomic E-state index is 0.128. The van der Waals surface area contributed by atoms with Gasteiger partial charge in [-0.3, -0.25) is 18.7 Å². The van der Waals surface area contributed by atoms with Gasteiger partial charge in [0.1, 0.15) is 0 Å². The van der Waals surface area contributed by atoms with Gasteiger partial charge in [0.2, 0.25) is 5.91 Å². The molecule has 0 spiro atoms. The highest BCUT2D eigenvalue weighted by atomic mass is 35.5. The Hall–Kier alpha value is -2.87. The van der Waals surface area contributed by atoms with Crippen molar-refractivity contribution in [1.29, 1.82) is 0 Å². The average Bonchev–Trinajstić information content (AvgIpc) is 3.04. The molecular formula is C17H18ClN5O3. The van der Waals surface area contributed by atoms with E-state index < -0.39 is 11.2 Å². The van der Waals surface area contributed by atoms with Crippen molar-refractivity contribution in [1.82, 2.24) is 18.7 Å². The summed E-state index contributed by atoms with van der Waals surface area (Å²) in [6, 6.07) is 6.87. The van der Waals surface area contributed by atoms with Crippen molar-refractivity contribution >= 4 is 34.4 Å². The van der Waals surface area contributed by atoms with E-state index in [1.54, 1.807) is 35.9 Å². The fourth-order valence-electron chi connectivity index (χ4n) is 2.73. The van der Waals surface area contributed by atoms with Gasteiger partial charge in [0, 0.05) is 37.8 Å². The third-order valence-corrected chi connectivity index (χ3v) is 4.40. The van der Waals surface area contributed by atoms with E-state index in [4.69, 9.17) is 11.6 Å². The molecule has 1 N–H and O–H groups in total. The van der Waals surface area contributed by atoms with Crippen LogP contribution in [0.4, 0.5) is 5.69 Å². The van der Waals surface area contributed by atoms with Crippen LogP contribution in [-0.2, 0) is 25.4 Å². The molecule has 0 atom stereocenters. The SMILES string of the molecule is Cn1c(=O)c2c(ncn2CCCC(=O)Nc2ccc(Cl)cc2)n(C)c1=O. The quantitative estimate of drug-likeness (QED) is 0.731. The molecule has 1 aromatic carbocycles. The number of hydrogen-bond acceptors (Lipinski definition) is 4. The third kappa shape index (κ3) is 3.41. The molecule has 9 heteroatoms. The van der Waals surface area contributed by atoms with Gasteiger partial charge in [0.15, 0.2) is 11.2 Å². The van der Waals surface area contributed by atoms with E-state index in [1.165, 1.54) is 17.9 Å². The molecule has 0 aliphatic rings. The summed E-state index contributed by atoms with van der Waals surface area (Å²) in [6.45, 7) is 0.442. The number of anilines is 1. The number of fused-ring (bicyclic) bond motifs is 1. The highest BCUT2D eigenvalue weighted by molar-refractivity contribution is 6.30. The fraction of sp³-hybridized carbons (Fsp3) is 0.294. The molecule has 136 valence electrons. The lowest BCUT2D eigenvalue weighted by Crippen LogP contribution is -2.37. The summed E-state index contributed by atoms with van der Waals surface area (Å²) >= 11 is 5.81. The Morgan fingerprint density at radius 2 is 1.85 bits per heavy atom. The number of carbonyl (C=O) groups excluding carboxylic acids is 1. The number of rotatable bonds is 5. The predicted molar refractivity (Wildman–Crippen MR) is 99.5 cm³/mol. The number of benzene rings is 1. The van der Waals surface area contributed by atoms with Crippen LogP contribution in [0.1, 0.15) is 12.8 Å². The lowest BCUT2D eigenvalue weighted by molar-refractivity contribution is -0.116. The van der Waals surface area contributed by atoms with Gasteiger partial charge in [-0.15, -0.1) is 0 Å². The number of halogens is 1. The van der Waals surface area contributed by atoms with Crippen LogP contribution in [0.25, 0.3) is 11.2 Å². The van der Waals surface area contributed by atoms with Gasteiger partial charge in [-0.2, -0.15) is 0 Å². The first-order chi connectivity index (χ1) is 12.4. The Labute approximate surface area is 153 Å². The standard InChI is InChI=1S/C17H18ClN5O3/c1-21-15-14(16(25)22(2)17(21)26)23(10-19-15)9-3-4-13(24)20-12-7-5-11(18)6-8-12/h5-8,10H,3-4,9H2,1-2H3,(H,20,24). The molecule has 3 rings (SSSR count). The first-order valence-corrected chi connectivity index (χ1v) is 8.42. The summed E-state index contributed by atoms with van der Waals surface area (Å²) in [5.41, 5.74) is 0.550. The molecule has 0 saturated heterocycles. The first kappa shape index (κ1) is 17.9. The van der Waals surface area contributed by atoms with E-state index in [0.29, 0.717) is 34.8 Å². The Morgan fingerprint density at radius 1 is 1.15 bits per heavy atom. The summed E-state index contributed by atoms with van der Waals surface area (Å²) in [6.07, 6.45) is 2.33. The molecule has 0 bridgehead atoms. The van der Waals surface area contributed by atoms with E-state index in [2.05, 4.69) is 10.3 Å². The van der Waals surface area contributed by atoms with E-state index in [9.17, 15) is 14.4 Å². The summed E-state index contributed by atoms with van der Waals surface area (Å²) in [7, 11) is 3.00. The number of nitrogens with zero attached hydrogens (tertiary/aromatic N) is 4. The van der Waals surface area contributed by atoms with E-state index >= 15 is 0 Å². The van der Waals surface area contributed by atoms with Crippen LogP contribution in [0.5, 0.6) is 0 Å². The van der Waals surface area contributed by atoms with Crippen molar-refractivity contribution in [3.8, 4) is 0 Å². The maximum Gasteiger partial charge on any atom is 0.332 e. The smallest absolute Gasteiger partial charge is 0.326 e. The number of amides is 1. The highest BCUT2D eigenvalue weighted by Gasteiger charge is 2.14. The Morgan fingerprint density at radius 3 is 2.54 bits per heavy atom. The van der Waals surface area contributed by atoms with Gasteiger partial charge >= 0.3 is 5.69 Å². The van der Waals surface area contributed by atoms with Crippen LogP contribution in [0, 0.1) is 0 Å². The van der Waals surface area contributed by atoms with Crippen LogP contribution in [0.3, 0.4) is 0 Å². The Kier molecular flexibility index (Phi) is 4.94. The van der Waals surface area contributed by atoms with Crippen LogP contribution in [0.15, 0.2) is 40.2 Å². The van der Waals surface area contributed by atoms with Gasteiger partial charge in [0.25, 0.3) is 5.56 Å². The van der Waals surface area contributed by atoms with Crippen LogP contribution >= 0.6 is 11.6 Å². The molecule has 0 fully saturated rings. The molecule has 3 aromatic rings. The number of aromatic nitrogens is 4. The minimum Gasteiger partial charge on any atom is -0.326 e. The maximum atomic E-state index is 12.3. The van der Waals surface area contributed by atoms with E-state index in [-0.39, 0.29) is 12.3 Å². The molecule has 2 aromatic heterocycles. The van der Waals surface area contributed by atoms with Crippen LogP contribution in [0.2, 0.25) is 5.02 Å². The summed E-state index contributed by atoms with van der Waals surface area (Å²) in [4.78, 5) is 40.5. The first-order valence-electron chi connectivity index (χ1n) is 8.04. The Bertz CT molecular complexity index is 1080. The zero-order valence-corrected chi connectivity index (χ0v) is 15.2. The second-order valence-electron chi connectivity index (χ2n) is 5.97. The van der Waals surface area contributed by atoms with Gasteiger partial charge in [-0.25, -0.2) is 9.78 Å². The maximum absolute atomic E-state index is 12.3. The van der Waals surface area contributed by atoms with Crippen molar-refractivity contribution in [2.45, 2.75) is 19.4 Å².